The maximum atomic E-state index is 11.9. The van der Waals surface area contributed by atoms with Crippen LogP contribution < -0.4 is 5.32 Å². The highest BCUT2D eigenvalue weighted by Gasteiger charge is 2.28. The number of amides is 1. The Labute approximate surface area is 127 Å². The van der Waals surface area contributed by atoms with Crippen molar-refractivity contribution < 1.29 is 4.79 Å². The molecule has 0 aromatic heterocycles. The number of carbonyl (C=O) groups is 1. The maximum absolute atomic E-state index is 11.9. The van der Waals surface area contributed by atoms with E-state index in [2.05, 4.69) is 31.1 Å². The van der Waals surface area contributed by atoms with Gasteiger partial charge in [0, 0.05) is 31.3 Å². The SMILES string of the molecule is CCN(CC)C(=O)CCN=C1NC(C(C)(C)C)CCS1. The van der Waals surface area contributed by atoms with Crippen molar-refractivity contribution in [3.8, 4) is 0 Å². The zero-order valence-corrected chi connectivity index (χ0v) is 14.3. The van der Waals surface area contributed by atoms with Crippen molar-refractivity contribution in [1.29, 1.82) is 0 Å². The van der Waals surface area contributed by atoms with Crippen LogP contribution >= 0.6 is 11.8 Å². The van der Waals surface area contributed by atoms with Crippen LogP contribution in [0.3, 0.4) is 0 Å². The Morgan fingerprint density at radius 3 is 2.60 bits per heavy atom. The van der Waals surface area contributed by atoms with E-state index in [-0.39, 0.29) is 11.3 Å². The first-order chi connectivity index (χ1) is 9.38. The van der Waals surface area contributed by atoms with Crippen molar-refractivity contribution in [1.82, 2.24) is 10.2 Å². The molecule has 1 aliphatic heterocycles. The van der Waals surface area contributed by atoms with Crippen molar-refractivity contribution >= 4 is 22.8 Å². The summed E-state index contributed by atoms with van der Waals surface area (Å²) in [6, 6.07) is 0.473. The third-order valence-corrected chi connectivity index (χ3v) is 4.65. The zero-order chi connectivity index (χ0) is 15.2. The molecule has 1 rings (SSSR count). The van der Waals surface area contributed by atoms with Gasteiger partial charge in [0.25, 0.3) is 0 Å². The Morgan fingerprint density at radius 2 is 2.05 bits per heavy atom. The Hall–Kier alpha value is -0.710. The molecule has 0 saturated carbocycles. The van der Waals surface area contributed by atoms with Crippen molar-refractivity contribution in [2.24, 2.45) is 10.4 Å². The van der Waals surface area contributed by atoms with E-state index in [0.29, 0.717) is 19.0 Å². The summed E-state index contributed by atoms with van der Waals surface area (Å²) in [6.07, 6.45) is 1.68. The monoisotopic (exact) mass is 299 g/mol. The van der Waals surface area contributed by atoms with Crippen LogP contribution in [0, 0.1) is 5.41 Å². The van der Waals surface area contributed by atoms with Gasteiger partial charge in [-0.3, -0.25) is 9.79 Å². The van der Waals surface area contributed by atoms with E-state index < -0.39 is 0 Å². The molecule has 1 atom stereocenters. The molecule has 0 aromatic rings. The Morgan fingerprint density at radius 1 is 1.40 bits per heavy atom. The molecule has 0 radical (unpaired) electrons. The zero-order valence-electron chi connectivity index (χ0n) is 13.5. The summed E-state index contributed by atoms with van der Waals surface area (Å²) in [5, 5.41) is 4.52. The van der Waals surface area contributed by atoms with E-state index in [9.17, 15) is 4.79 Å². The molecular formula is C15H29N3OS. The summed E-state index contributed by atoms with van der Waals surface area (Å²) >= 11 is 1.77. The smallest absolute Gasteiger partial charge is 0.224 e. The molecule has 1 saturated heterocycles. The van der Waals surface area contributed by atoms with E-state index in [4.69, 9.17) is 0 Å². The molecule has 5 heteroatoms. The molecule has 1 N–H and O–H groups in total. The van der Waals surface area contributed by atoms with E-state index in [1.807, 2.05) is 18.7 Å². The van der Waals surface area contributed by atoms with Gasteiger partial charge in [0.15, 0.2) is 5.17 Å². The van der Waals surface area contributed by atoms with E-state index in [0.717, 1.165) is 24.0 Å². The van der Waals surface area contributed by atoms with Crippen LogP contribution in [-0.4, -0.2) is 47.4 Å². The average Bonchev–Trinajstić information content (AvgIpc) is 2.39. The lowest BCUT2D eigenvalue weighted by molar-refractivity contribution is -0.130. The van der Waals surface area contributed by atoms with Crippen molar-refractivity contribution in [3.05, 3.63) is 0 Å². The molecule has 1 amide bonds. The number of rotatable bonds is 5. The highest BCUT2D eigenvalue weighted by molar-refractivity contribution is 8.13. The van der Waals surface area contributed by atoms with Gasteiger partial charge in [0.1, 0.15) is 0 Å². The summed E-state index contributed by atoms with van der Waals surface area (Å²) in [5.41, 5.74) is 0.249. The normalized spacial score (nSPS) is 21.6. The quantitative estimate of drug-likeness (QED) is 0.849. The number of carbonyl (C=O) groups excluding carboxylic acids is 1. The molecule has 1 aliphatic rings. The standard InChI is InChI=1S/C15H29N3OS/c1-6-18(7-2)13(19)8-10-16-14-17-12(9-11-20-14)15(3,4)5/h12H,6-11H2,1-5H3,(H,16,17). The summed E-state index contributed by atoms with van der Waals surface area (Å²) in [6.45, 7) is 12.9. The van der Waals surface area contributed by atoms with Gasteiger partial charge in [0.2, 0.25) is 5.91 Å². The van der Waals surface area contributed by atoms with Crippen LogP contribution in [0.1, 0.15) is 47.5 Å². The van der Waals surface area contributed by atoms with Gasteiger partial charge in [-0.05, 0) is 25.7 Å². The molecule has 0 aliphatic carbocycles. The predicted octanol–water partition coefficient (Wildman–Crippen LogP) is 2.74. The summed E-state index contributed by atoms with van der Waals surface area (Å²) in [7, 11) is 0. The molecule has 20 heavy (non-hydrogen) atoms. The van der Waals surface area contributed by atoms with Crippen LogP contribution in [-0.2, 0) is 4.79 Å². The fourth-order valence-electron chi connectivity index (χ4n) is 2.26. The molecule has 1 fully saturated rings. The third kappa shape index (κ3) is 5.35. The maximum Gasteiger partial charge on any atom is 0.224 e. The number of nitrogens with one attached hydrogen (secondary N) is 1. The second-order valence-corrected chi connectivity index (χ2v) is 7.29. The van der Waals surface area contributed by atoms with Gasteiger partial charge in [-0.15, -0.1) is 0 Å². The molecule has 0 aromatic carbocycles. The van der Waals surface area contributed by atoms with Gasteiger partial charge < -0.3 is 10.2 Å². The molecule has 0 bridgehead atoms. The van der Waals surface area contributed by atoms with Gasteiger partial charge in [-0.2, -0.15) is 0 Å². The van der Waals surface area contributed by atoms with Crippen LogP contribution in [0.5, 0.6) is 0 Å². The van der Waals surface area contributed by atoms with E-state index in [1.54, 1.807) is 11.8 Å². The van der Waals surface area contributed by atoms with Gasteiger partial charge in [-0.1, -0.05) is 32.5 Å². The van der Waals surface area contributed by atoms with Crippen LogP contribution in [0.15, 0.2) is 4.99 Å². The molecular weight excluding hydrogens is 270 g/mol. The number of amidine groups is 1. The highest BCUT2D eigenvalue weighted by Crippen LogP contribution is 2.27. The minimum absolute atomic E-state index is 0.201. The van der Waals surface area contributed by atoms with Crippen molar-refractivity contribution in [3.63, 3.8) is 0 Å². The minimum atomic E-state index is 0.201. The van der Waals surface area contributed by atoms with Crippen LogP contribution in [0.25, 0.3) is 0 Å². The van der Waals surface area contributed by atoms with E-state index in [1.165, 1.54) is 6.42 Å². The average molecular weight is 299 g/mol. The summed E-state index contributed by atoms with van der Waals surface area (Å²) < 4.78 is 0. The largest absolute Gasteiger partial charge is 0.362 e. The number of aliphatic imine (C=N–C) groups is 1. The first-order valence-electron chi connectivity index (χ1n) is 7.60. The van der Waals surface area contributed by atoms with Crippen LogP contribution in [0.2, 0.25) is 0 Å². The fourth-order valence-corrected chi connectivity index (χ4v) is 3.22. The minimum Gasteiger partial charge on any atom is -0.362 e. The molecule has 4 nitrogen and oxygen atoms in total. The Bertz CT molecular complexity index is 346. The van der Waals surface area contributed by atoms with Gasteiger partial charge in [-0.25, -0.2) is 0 Å². The Kier molecular flexibility index (Phi) is 6.86. The molecule has 116 valence electrons. The predicted molar refractivity (Wildman–Crippen MR) is 88.3 cm³/mol. The fraction of sp³-hybridized carbons (Fsp3) is 0.867. The number of thioether (sulfide) groups is 1. The molecule has 0 spiro atoms. The molecule has 1 heterocycles. The highest BCUT2D eigenvalue weighted by atomic mass is 32.2. The second-order valence-electron chi connectivity index (χ2n) is 6.20. The summed E-state index contributed by atoms with van der Waals surface area (Å²) in [4.78, 5) is 18.3. The lowest BCUT2D eigenvalue weighted by atomic mass is 9.85. The van der Waals surface area contributed by atoms with Crippen LogP contribution in [0.4, 0.5) is 0 Å². The van der Waals surface area contributed by atoms with Gasteiger partial charge >= 0.3 is 0 Å². The summed E-state index contributed by atoms with van der Waals surface area (Å²) in [5.74, 6) is 1.31. The first-order valence-corrected chi connectivity index (χ1v) is 8.58. The van der Waals surface area contributed by atoms with Crippen molar-refractivity contribution in [2.75, 3.05) is 25.4 Å². The number of hydrogen-bond donors (Lipinski definition) is 1. The lowest BCUT2D eigenvalue weighted by Gasteiger charge is -2.35. The molecule has 1 unspecified atom stereocenters. The van der Waals surface area contributed by atoms with E-state index >= 15 is 0 Å². The second kappa shape index (κ2) is 7.91. The topological polar surface area (TPSA) is 44.7 Å². The number of hydrogen-bond acceptors (Lipinski definition) is 3. The first kappa shape index (κ1) is 17.3. The Balaban J connectivity index is 2.44. The number of nitrogens with zero attached hydrogens (tertiary/aromatic N) is 2. The van der Waals surface area contributed by atoms with Crippen molar-refractivity contribution in [2.45, 2.75) is 53.5 Å². The third-order valence-electron chi connectivity index (χ3n) is 3.69. The lowest BCUT2D eigenvalue weighted by Crippen LogP contribution is -2.46. The van der Waals surface area contributed by atoms with Gasteiger partial charge in [0.05, 0.1) is 6.54 Å².